The molecular formula is C13H25NO5. The molecule has 0 radical (unpaired) electrons. The lowest BCUT2D eigenvalue weighted by atomic mass is 10.0. The molecule has 0 rings (SSSR count). The first kappa shape index (κ1) is 17.7. The van der Waals surface area contributed by atoms with E-state index < -0.39 is 29.8 Å². The summed E-state index contributed by atoms with van der Waals surface area (Å²) in [5, 5.41) is 21.0. The normalized spacial score (nSPS) is 14.9. The first-order valence-corrected chi connectivity index (χ1v) is 6.43. The Morgan fingerprint density at radius 3 is 2.11 bits per heavy atom. The van der Waals surface area contributed by atoms with Crippen LogP contribution in [-0.4, -0.2) is 40.0 Å². The molecule has 0 aromatic heterocycles. The maximum atomic E-state index is 11.5. The van der Waals surface area contributed by atoms with Crippen LogP contribution in [0.1, 0.15) is 47.5 Å². The van der Waals surface area contributed by atoms with Gasteiger partial charge in [-0.25, -0.2) is 9.59 Å². The number of ether oxygens (including phenoxy) is 1. The number of amides is 1. The average molecular weight is 275 g/mol. The van der Waals surface area contributed by atoms with Crippen molar-refractivity contribution in [1.29, 1.82) is 0 Å². The summed E-state index contributed by atoms with van der Waals surface area (Å²) in [6.07, 6.45) is -0.985. The third-order valence-corrected chi connectivity index (χ3v) is 2.36. The van der Waals surface area contributed by atoms with Gasteiger partial charge in [0.25, 0.3) is 0 Å². The van der Waals surface area contributed by atoms with Crippen LogP contribution in [0.25, 0.3) is 0 Å². The highest BCUT2D eigenvalue weighted by molar-refractivity contribution is 5.80. The Kier molecular flexibility index (Phi) is 6.83. The number of nitrogens with one attached hydrogen (secondary N) is 1. The van der Waals surface area contributed by atoms with Crippen LogP contribution < -0.4 is 5.32 Å². The minimum Gasteiger partial charge on any atom is -0.480 e. The van der Waals surface area contributed by atoms with Crippen molar-refractivity contribution in [3.8, 4) is 0 Å². The van der Waals surface area contributed by atoms with Crippen LogP contribution in [0, 0.1) is 5.92 Å². The van der Waals surface area contributed by atoms with Gasteiger partial charge in [0.2, 0.25) is 0 Å². The van der Waals surface area contributed by atoms with Gasteiger partial charge in [0.05, 0.1) is 6.10 Å². The van der Waals surface area contributed by atoms with Crippen LogP contribution in [0.15, 0.2) is 0 Å². The predicted octanol–water partition coefficient (Wildman–Crippen LogP) is 1.76. The van der Waals surface area contributed by atoms with Gasteiger partial charge in [-0.05, 0) is 39.5 Å². The molecule has 0 fully saturated rings. The van der Waals surface area contributed by atoms with E-state index in [0.717, 1.165) is 0 Å². The largest absolute Gasteiger partial charge is 0.480 e. The molecule has 0 saturated heterocycles. The van der Waals surface area contributed by atoms with E-state index in [1.54, 1.807) is 20.8 Å². The number of alkyl carbamates (subject to hydrolysis) is 1. The Bertz CT molecular complexity index is 309. The minimum absolute atomic E-state index is 0.310. The summed E-state index contributed by atoms with van der Waals surface area (Å²) in [6.45, 7) is 8.99. The van der Waals surface area contributed by atoms with Crippen molar-refractivity contribution in [2.75, 3.05) is 0 Å². The lowest BCUT2D eigenvalue weighted by Crippen LogP contribution is -2.50. The fraction of sp³-hybridized carbons (Fsp3) is 0.846. The van der Waals surface area contributed by atoms with Gasteiger partial charge in [0.1, 0.15) is 5.60 Å². The second-order valence-corrected chi connectivity index (χ2v) is 6.00. The zero-order valence-corrected chi connectivity index (χ0v) is 12.3. The molecule has 0 spiro atoms. The maximum Gasteiger partial charge on any atom is 0.408 e. The Morgan fingerprint density at radius 1 is 1.21 bits per heavy atom. The van der Waals surface area contributed by atoms with E-state index in [9.17, 15) is 14.7 Å². The minimum atomic E-state index is -1.35. The quantitative estimate of drug-likeness (QED) is 0.686. The third kappa shape index (κ3) is 8.42. The first-order chi connectivity index (χ1) is 8.53. The molecule has 0 aliphatic carbocycles. The van der Waals surface area contributed by atoms with Crippen LogP contribution in [0.5, 0.6) is 0 Å². The number of hydrogen-bond donors (Lipinski definition) is 3. The molecule has 0 bridgehead atoms. The van der Waals surface area contributed by atoms with Gasteiger partial charge in [0.15, 0.2) is 6.04 Å². The number of carbonyl (C=O) groups is 2. The summed E-state index contributed by atoms with van der Waals surface area (Å²) in [5.41, 5.74) is -0.712. The second-order valence-electron chi connectivity index (χ2n) is 6.00. The standard InChI is InChI=1S/C13H25NO5/c1-8(2)6-7-9(15)10(11(16)17)14-12(18)19-13(3,4)5/h8-10,15H,6-7H2,1-5H3,(H,14,18)(H,16,17). The maximum absolute atomic E-state index is 11.5. The van der Waals surface area contributed by atoms with E-state index in [1.165, 1.54) is 0 Å². The van der Waals surface area contributed by atoms with Gasteiger partial charge in [-0.2, -0.15) is 0 Å². The summed E-state index contributed by atoms with van der Waals surface area (Å²) < 4.78 is 4.97. The van der Waals surface area contributed by atoms with Crippen LogP contribution >= 0.6 is 0 Å². The number of aliphatic hydroxyl groups is 1. The van der Waals surface area contributed by atoms with Crippen molar-refractivity contribution in [3.05, 3.63) is 0 Å². The van der Waals surface area contributed by atoms with Crippen LogP contribution in [-0.2, 0) is 9.53 Å². The Balaban J connectivity index is 4.49. The lowest BCUT2D eigenvalue weighted by molar-refractivity contribution is -0.142. The topological polar surface area (TPSA) is 95.9 Å². The molecule has 0 aromatic rings. The fourth-order valence-electron chi connectivity index (χ4n) is 1.43. The SMILES string of the molecule is CC(C)CCC(O)C(NC(=O)OC(C)(C)C)C(=O)O. The van der Waals surface area contributed by atoms with E-state index in [-0.39, 0.29) is 0 Å². The molecule has 0 heterocycles. The molecule has 3 N–H and O–H groups in total. The lowest BCUT2D eigenvalue weighted by Gasteiger charge is -2.24. The number of aliphatic hydroxyl groups excluding tert-OH is 1. The molecular weight excluding hydrogens is 250 g/mol. The molecule has 112 valence electrons. The molecule has 0 aromatic carbocycles. The van der Waals surface area contributed by atoms with E-state index >= 15 is 0 Å². The van der Waals surface area contributed by atoms with Crippen molar-refractivity contribution >= 4 is 12.1 Å². The van der Waals surface area contributed by atoms with Crippen molar-refractivity contribution in [3.63, 3.8) is 0 Å². The van der Waals surface area contributed by atoms with Gasteiger partial charge < -0.3 is 20.3 Å². The highest BCUT2D eigenvalue weighted by Gasteiger charge is 2.30. The number of rotatable bonds is 6. The Labute approximate surface area is 114 Å². The highest BCUT2D eigenvalue weighted by Crippen LogP contribution is 2.11. The van der Waals surface area contributed by atoms with Crippen molar-refractivity contribution < 1.29 is 24.5 Å². The van der Waals surface area contributed by atoms with Gasteiger partial charge >= 0.3 is 12.1 Å². The molecule has 0 aliphatic rings. The average Bonchev–Trinajstić information content (AvgIpc) is 2.19. The van der Waals surface area contributed by atoms with Crippen LogP contribution in [0.3, 0.4) is 0 Å². The summed E-state index contributed by atoms with van der Waals surface area (Å²) in [4.78, 5) is 22.6. The van der Waals surface area contributed by atoms with Crippen molar-refractivity contribution in [2.24, 2.45) is 5.92 Å². The monoisotopic (exact) mass is 275 g/mol. The van der Waals surface area contributed by atoms with Crippen molar-refractivity contribution in [2.45, 2.75) is 65.2 Å². The summed E-state index contributed by atoms with van der Waals surface area (Å²) in [7, 11) is 0. The van der Waals surface area contributed by atoms with E-state index in [4.69, 9.17) is 9.84 Å². The second kappa shape index (κ2) is 7.33. The van der Waals surface area contributed by atoms with E-state index in [0.29, 0.717) is 18.8 Å². The summed E-state index contributed by atoms with van der Waals surface area (Å²) in [6, 6.07) is -1.35. The number of aliphatic carboxylic acids is 1. The zero-order chi connectivity index (χ0) is 15.2. The molecule has 1 amide bonds. The van der Waals surface area contributed by atoms with Crippen molar-refractivity contribution in [1.82, 2.24) is 5.32 Å². The smallest absolute Gasteiger partial charge is 0.408 e. The summed E-state index contributed by atoms with van der Waals surface area (Å²) in [5.74, 6) is -0.923. The number of hydrogen-bond acceptors (Lipinski definition) is 4. The number of carbonyl (C=O) groups excluding carboxylic acids is 1. The molecule has 2 atom stereocenters. The molecule has 0 saturated carbocycles. The molecule has 19 heavy (non-hydrogen) atoms. The van der Waals surface area contributed by atoms with Gasteiger partial charge in [-0.15, -0.1) is 0 Å². The number of carboxylic acids is 1. The molecule has 6 nitrogen and oxygen atoms in total. The predicted molar refractivity (Wildman–Crippen MR) is 70.9 cm³/mol. The number of carboxylic acid groups (broad SMARTS) is 1. The van der Waals surface area contributed by atoms with Gasteiger partial charge in [-0.3, -0.25) is 0 Å². The fourth-order valence-corrected chi connectivity index (χ4v) is 1.43. The third-order valence-electron chi connectivity index (χ3n) is 2.36. The molecule has 6 heteroatoms. The van der Waals surface area contributed by atoms with Gasteiger partial charge in [0, 0.05) is 0 Å². The van der Waals surface area contributed by atoms with Gasteiger partial charge in [-0.1, -0.05) is 13.8 Å². The molecule has 2 unspecified atom stereocenters. The molecule has 0 aliphatic heterocycles. The van der Waals surface area contributed by atoms with Crippen LogP contribution in [0.2, 0.25) is 0 Å². The van der Waals surface area contributed by atoms with E-state index in [1.807, 2.05) is 13.8 Å². The van der Waals surface area contributed by atoms with Crippen LogP contribution in [0.4, 0.5) is 4.79 Å². The zero-order valence-electron chi connectivity index (χ0n) is 12.3. The summed E-state index contributed by atoms with van der Waals surface area (Å²) >= 11 is 0. The highest BCUT2D eigenvalue weighted by atomic mass is 16.6. The van der Waals surface area contributed by atoms with E-state index in [2.05, 4.69) is 5.32 Å². The Hall–Kier alpha value is -1.30. The Morgan fingerprint density at radius 2 is 1.74 bits per heavy atom. The first-order valence-electron chi connectivity index (χ1n) is 6.43.